The van der Waals surface area contributed by atoms with E-state index in [9.17, 15) is 0 Å². The average Bonchev–Trinajstić information content (AvgIpc) is 2.93. The van der Waals surface area contributed by atoms with Crippen LogP contribution in [0.15, 0.2) is 18.2 Å². The molecule has 0 saturated carbocycles. The van der Waals surface area contributed by atoms with E-state index >= 15 is 0 Å². The third-order valence-electron chi connectivity index (χ3n) is 4.27. The lowest BCUT2D eigenvalue weighted by Crippen LogP contribution is -2.20. The molecule has 1 heterocycles. The number of nitrogens with one attached hydrogen (secondary N) is 1. The number of likely N-dealkylation sites (tertiary alicyclic amines) is 1. The third kappa shape index (κ3) is 3.97. The summed E-state index contributed by atoms with van der Waals surface area (Å²) in [5.41, 5.74) is 2.66. The predicted molar refractivity (Wildman–Crippen MR) is 84.0 cm³/mol. The van der Waals surface area contributed by atoms with Crippen LogP contribution < -0.4 is 10.1 Å². The van der Waals surface area contributed by atoms with E-state index in [0.29, 0.717) is 0 Å². The minimum absolute atomic E-state index is 0.880. The van der Waals surface area contributed by atoms with Gasteiger partial charge in [0.15, 0.2) is 0 Å². The minimum Gasteiger partial charge on any atom is -0.496 e. The quantitative estimate of drug-likeness (QED) is 0.828. The maximum absolute atomic E-state index is 5.52. The van der Waals surface area contributed by atoms with Crippen molar-refractivity contribution in [1.82, 2.24) is 10.2 Å². The normalized spacial score (nSPS) is 19.4. The van der Waals surface area contributed by atoms with Crippen LogP contribution >= 0.6 is 0 Å². The molecule has 1 fully saturated rings. The summed E-state index contributed by atoms with van der Waals surface area (Å²) < 4.78 is 5.52. The molecule has 112 valence electrons. The summed E-state index contributed by atoms with van der Waals surface area (Å²) in [4.78, 5) is 2.56. The van der Waals surface area contributed by atoms with Crippen LogP contribution in [0.25, 0.3) is 0 Å². The second-order valence-corrected chi connectivity index (χ2v) is 5.72. The molecule has 1 saturated heterocycles. The third-order valence-corrected chi connectivity index (χ3v) is 4.27. The number of ether oxygens (including phenoxy) is 1. The first-order valence-electron chi connectivity index (χ1n) is 7.85. The van der Waals surface area contributed by atoms with Gasteiger partial charge >= 0.3 is 0 Å². The molecule has 3 nitrogen and oxygen atoms in total. The maximum atomic E-state index is 5.52. The Bertz CT molecular complexity index is 419. The maximum Gasteiger partial charge on any atom is 0.123 e. The SMILES string of the molecule is CCNCc1ccc(OC)c(CN2CCC(CC)C2)c1. The summed E-state index contributed by atoms with van der Waals surface area (Å²) in [5.74, 6) is 1.90. The fourth-order valence-corrected chi connectivity index (χ4v) is 2.97. The molecule has 20 heavy (non-hydrogen) atoms. The fraction of sp³-hybridized carbons (Fsp3) is 0.647. The number of nitrogens with zero attached hydrogens (tertiary/aromatic N) is 1. The highest BCUT2D eigenvalue weighted by Gasteiger charge is 2.21. The monoisotopic (exact) mass is 276 g/mol. The van der Waals surface area contributed by atoms with Gasteiger partial charge in [-0.15, -0.1) is 0 Å². The van der Waals surface area contributed by atoms with Gasteiger partial charge < -0.3 is 10.1 Å². The fourth-order valence-electron chi connectivity index (χ4n) is 2.97. The van der Waals surface area contributed by atoms with Crippen molar-refractivity contribution in [2.45, 2.75) is 39.8 Å². The van der Waals surface area contributed by atoms with Gasteiger partial charge in [-0.05, 0) is 43.1 Å². The largest absolute Gasteiger partial charge is 0.496 e. The summed E-state index contributed by atoms with van der Waals surface area (Å²) in [6.07, 6.45) is 2.64. The van der Waals surface area contributed by atoms with E-state index in [1.165, 1.54) is 37.1 Å². The Balaban J connectivity index is 2.04. The van der Waals surface area contributed by atoms with Crippen molar-refractivity contribution >= 4 is 0 Å². The zero-order valence-electron chi connectivity index (χ0n) is 13.1. The molecule has 1 N–H and O–H groups in total. The van der Waals surface area contributed by atoms with Crippen molar-refractivity contribution in [2.24, 2.45) is 5.92 Å². The van der Waals surface area contributed by atoms with Gasteiger partial charge in [-0.3, -0.25) is 4.90 Å². The highest BCUT2D eigenvalue weighted by atomic mass is 16.5. The Morgan fingerprint density at radius 3 is 2.85 bits per heavy atom. The summed E-state index contributed by atoms with van der Waals surface area (Å²) >= 11 is 0. The molecule has 0 spiro atoms. The van der Waals surface area contributed by atoms with Crippen molar-refractivity contribution in [3.05, 3.63) is 29.3 Å². The van der Waals surface area contributed by atoms with E-state index < -0.39 is 0 Å². The van der Waals surface area contributed by atoms with Gasteiger partial charge in [0.05, 0.1) is 7.11 Å². The predicted octanol–water partition coefficient (Wildman–Crippen LogP) is 3.04. The number of methoxy groups -OCH3 is 1. The zero-order chi connectivity index (χ0) is 14.4. The molecular weight excluding hydrogens is 248 g/mol. The van der Waals surface area contributed by atoms with Crippen LogP contribution in [0.3, 0.4) is 0 Å². The molecule has 0 aromatic heterocycles. The first-order chi connectivity index (χ1) is 9.76. The summed E-state index contributed by atoms with van der Waals surface area (Å²) in [6, 6.07) is 6.56. The van der Waals surface area contributed by atoms with E-state index in [1.54, 1.807) is 7.11 Å². The van der Waals surface area contributed by atoms with Gasteiger partial charge in [-0.25, -0.2) is 0 Å². The lowest BCUT2D eigenvalue weighted by atomic mass is 10.1. The Hall–Kier alpha value is -1.06. The molecule has 1 unspecified atom stereocenters. The molecule has 1 aromatic carbocycles. The van der Waals surface area contributed by atoms with E-state index in [1.807, 2.05) is 0 Å². The van der Waals surface area contributed by atoms with Gasteiger partial charge in [0.2, 0.25) is 0 Å². The van der Waals surface area contributed by atoms with Crippen LogP contribution in [0.5, 0.6) is 5.75 Å². The van der Waals surface area contributed by atoms with Gasteiger partial charge in [-0.1, -0.05) is 26.3 Å². The second-order valence-electron chi connectivity index (χ2n) is 5.72. The van der Waals surface area contributed by atoms with Crippen molar-refractivity contribution < 1.29 is 4.74 Å². The molecular formula is C17H28N2O. The lowest BCUT2D eigenvalue weighted by molar-refractivity contribution is 0.307. The highest BCUT2D eigenvalue weighted by molar-refractivity contribution is 5.37. The second kappa shape index (κ2) is 7.65. The van der Waals surface area contributed by atoms with E-state index in [2.05, 4.69) is 42.3 Å². The first kappa shape index (κ1) is 15.3. The molecule has 0 bridgehead atoms. The van der Waals surface area contributed by atoms with E-state index in [4.69, 9.17) is 4.74 Å². The van der Waals surface area contributed by atoms with Crippen molar-refractivity contribution in [3.63, 3.8) is 0 Å². The van der Waals surface area contributed by atoms with Crippen LogP contribution in [0.1, 0.15) is 37.8 Å². The average molecular weight is 276 g/mol. The molecule has 1 aliphatic heterocycles. The number of rotatable bonds is 7. The standard InChI is InChI=1S/C17H28N2O/c1-4-14-8-9-19(12-14)13-16-10-15(11-18-5-2)6-7-17(16)20-3/h6-7,10,14,18H,4-5,8-9,11-13H2,1-3H3. The highest BCUT2D eigenvalue weighted by Crippen LogP contribution is 2.26. The number of hydrogen-bond donors (Lipinski definition) is 1. The summed E-state index contributed by atoms with van der Waals surface area (Å²) in [6.45, 7) is 9.85. The Morgan fingerprint density at radius 1 is 1.35 bits per heavy atom. The Morgan fingerprint density at radius 2 is 2.20 bits per heavy atom. The Kier molecular flexibility index (Phi) is 5.86. The number of hydrogen-bond acceptors (Lipinski definition) is 3. The van der Waals surface area contributed by atoms with Gasteiger partial charge in [0.25, 0.3) is 0 Å². The van der Waals surface area contributed by atoms with Crippen molar-refractivity contribution in [2.75, 3.05) is 26.7 Å². The van der Waals surface area contributed by atoms with E-state index in [-0.39, 0.29) is 0 Å². The summed E-state index contributed by atoms with van der Waals surface area (Å²) in [7, 11) is 1.77. The van der Waals surface area contributed by atoms with Crippen LogP contribution in [-0.4, -0.2) is 31.6 Å². The smallest absolute Gasteiger partial charge is 0.123 e. The molecule has 0 amide bonds. The molecule has 1 aliphatic rings. The lowest BCUT2D eigenvalue weighted by Gasteiger charge is -2.18. The number of benzene rings is 1. The first-order valence-corrected chi connectivity index (χ1v) is 7.85. The molecule has 3 heteroatoms. The molecule has 1 aromatic rings. The minimum atomic E-state index is 0.880. The van der Waals surface area contributed by atoms with Crippen molar-refractivity contribution in [3.8, 4) is 5.75 Å². The van der Waals surface area contributed by atoms with Crippen LogP contribution in [-0.2, 0) is 13.1 Å². The molecule has 2 rings (SSSR count). The molecule has 0 aliphatic carbocycles. The molecule has 1 atom stereocenters. The summed E-state index contributed by atoms with van der Waals surface area (Å²) in [5, 5.41) is 3.38. The van der Waals surface area contributed by atoms with Crippen LogP contribution in [0, 0.1) is 5.92 Å². The Labute approximate surface area is 123 Å². The topological polar surface area (TPSA) is 24.5 Å². The van der Waals surface area contributed by atoms with Gasteiger partial charge in [-0.2, -0.15) is 0 Å². The van der Waals surface area contributed by atoms with Gasteiger partial charge in [0, 0.05) is 25.2 Å². The van der Waals surface area contributed by atoms with Crippen LogP contribution in [0.2, 0.25) is 0 Å². The van der Waals surface area contributed by atoms with E-state index in [0.717, 1.165) is 31.3 Å². The molecule has 0 radical (unpaired) electrons. The zero-order valence-corrected chi connectivity index (χ0v) is 13.1. The van der Waals surface area contributed by atoms with Crippen molar-refractivity contribution in [1.29, 1.82) is 0 Å². The van der Waals surface area contributed by atoms with Crippen LogP contribution in [0.4, 0.5) is 0 Å². The van der Waals surface area contributed by atoms with Gasteiger partial charge in [0.1, 0.15) is 5.75 Å².